The molecule has 0 aliphatic heterocycles. The monoisotopic (exact) mass is 344 g/mol. The molecule has 0 amide bonds. The second-order valence-electron chi connectivity index (χ2n) is 7.52. The summed E-state index contributed by atoms with van der Waals surface area (Å²) in [5.41, 5.74) is 4.15. The lowest BCUT2D eigenvalue weighted by atomic mass is 9.85. The number of hydrogen-bond acceptors (Lipinski definition) is 1. The first kappa shape index (κ1) is 20.0. The van der Waals surface area contributed by atoms with E-state index in [0.29, 0.717) is 5.92 Å². The lowest BCUT2D eigenvalue weighted by Crippen LogP contribution is -2.10. The standard InChI is InChI=1S/C16H17B.C7H12N2/c17-13-7-12-16(14-8-3-1-4-9-14)15-10-5-2-6-11-15;1-7(2,3)6-4-8-5-9-6/h1-6,8-11,16H,7,12-13H2;4-5H,1-3H3,(H,8,9). The number of hydrogen-bond donors (Lipinski definition) is 1. The molecule has 0 aliphatic carbocycles. The topological polar surface area (TPSA) is 28.7 Å². The molecule has 2 aromatic carbocycles. The minimum atomic E-state index is 0.205. The number of aromatic amines is 1. The van der Waals surface area contributed by atoms with Gasteiger partial charge in [-0.25, -0.2) is 4.98 Å². The molecule has 1 heterocycles. The van der Waals surface area contributed by atoms with Crippen LogP contribution in [0.4, 0.5) is 0 Å². The van der Waals surface area contributed by atoms with Crippen molar-refractivity contribution in [2.75, 3.05) is 0 Å². The Labute approximate surface area is 159 Å². The van der Waals surface area contributed by atoms with Crippen LogP contribution in [-0.2, 0) is 5.41 Å². The zero-order valence-electron chi connectivity index (χ0n) is 16.2. The van der Waals surface area contributed by atoms with Gasteiger partial charge in [-0.2, -0.15) is 0 Å². The first-order valence-electron chi connectivity index (χ1n) is 9.31. The van der Waals surface area contributed by atoms with Gasteiger partial charge in [0.05, 0.1) is 14.2 Å². The van der Waals surface area contributed by atoms with Crippen LogP contribution in [0.25, 0.3) is 0 Å². The Balaban J connectivity index is 0.000000228. The fourth-order valence-electron chi connectivity index (χ4n) is 2.88. The summed E-state index contributed by atoms with van der Waals surface area (Å²) < 4.78 is 0. The van der Waals surface area contributed by atoms with Crippen molar-refractivity contribution < 1.29 is 0 Å². The molecule has 0 aliphatic rings. The normalized spacial score (nSPS) is 11.1. The number of nitrogens with zero attached hydrogens (tertiary/aromatic N) is 1. The van der Waals surface area contributed by atoms with Crippen LogP contribution in [0.5, 0.6) is 0 Å². The molecule has 3 heteroatoms. The molecule has 0 fully saturated rings. The third-order valence-corrected chi connectivity index (χ3v) is 4.41. The van der Waals surface area contributed by atoms with Gasteiger partial charge in [-0.05, 0) is 17.5 Å². The summed E-state index contributed by atoms with van der Waals surface area (Å²) in [6, 6.07) is 21.4. The highest BCUT2D eigenvalue weighted by Crippen LogP contribution is 2.29. The molecular formula is C23H29BN2. The molecule has 1 N–H and O–H groups in total. The number of rotatable bonds is 5. The summed E-state index contributed by atoms with van der Waals surface area (Å²) >= 11 is 0. The van der Waals surface area contributed by atoms with Crippen molar-refractivity contribution in [2.45, 2.75) is 51.3 Å². The molecule has 0 saturated heterocycles. The van der Waals surface area contributed by atoms with Gasteiger partial charge in [-0.15, -0.1) is 0 Å². The second-order valence-corrected chi connectivity index (χ2v) is 7.52. The molecule has 3 rings (SSSR count). The first-order valence-corrected chi connectivity index (χ1v) is 9.31. The average Bonchev–Trinajstić information content (AvgIpc) is 3.20. The Morgan fingerprint density at radius 1 is 0.923 bits per heavy atom. The largest absolute Gasteiger partial charge is 0.348 e. The van der Waals surface area contributed by atoms with Crippen LogP contribution in [0, 0.1) is 0 Å². The molecule has 0 spiro atoms. The highest BCUT2D eigenvalue weighted by atomic mass is 14.9. The van der Waals surface area contributed by atoms with E-state index in [9.17, 15) is 0 Å². The molecule has 2 radical (unpaired) electrons. The summed E-state index contributed by atoms with van der Waals surface area (Å²) in [5.74, 6) is 0.473. The third-order valence-electron chi connectivity index (χ3n) is 4.41. The molecule has 0 atom stereocenters. The third kappa shape index (κ3) is 6.22. The van der Waals surface area contributed by atoms with E-state index in [1.54, 1.807) is 6.33 Å². The van der Waals surface area contributed by atoms with E-state index in [4.69, 9.17) is 7.85 Å². The summed E-state index contributed by atoms with van der Waals surface area (Å²) in [6.45, 7) is 6.46. The van der Waals surface area contributed by atoms with Gasteiger partial charge >= 0.3 is 0 Å². The summed E-state index contributed by atoms with van der Waals surface area (Å²) in [4.78, 5) is 7.00. The first-order chi connectivity index (χ1) is 12.5. The van der Waals surface area contributed by atoms with Crippen LogP contribution >= 0.6 is 0 Å². The van der Waals surface area contributed by atoms with Gasteiger partial charge in [-0.3, -0.25) is 0 Å². The second kappa shape index (κ2) is 10.0. The van der Waals surface area contributed by atoms with Gasteiger partial charge in [0.25, 0.3) is 0 Å². The minimum Gasteiger partial charge on any atom is -0.348 e. The number of benzene rings is 2. The quantitative estimate of drug-likeness (QED) is 0.574. The summed E-state index contributed by atoms with van der Waals surface area (Å²) in [7, 11) is 5.63. The van der Waals surface area contributed by atoms with Crippen LogP contribution < -0.4 is 0 Å². The van der Waals surface area contributed by atoms with E-state index in [0.717, 1.165) is 19.2 Å². The summed E-state index contributed by atoms with van der Waals surface area (Å²) in [5, 5.41) is 0. The fraction of sp³-hybridized carbons (Fsp3) is 0.348. The maximum absolute atomic E-state index is 5.63. The smallest absolute Gasteiger partial charge is 0.0921 e. The van der Waals surface area contributed by atoms with Gasteiger partial charge in [0.1, 0.15) is 0 Å². The highest BCUT2D eigenvalue weighted by Gasteiger charge is 2.14. The van der Waals surface area contributed by atoms with E-state index in [2.05, 4.69) is 91.4 Å². The Kier molecular flexibility index (Phi) is 7.71. The molecule has 0 saturated carbocycles. The van der Waals surface area contributed by atoms with Crippen molar-refractivity contribution >= 4 is 7.85 Å². The zero-order valence-corrected chi connectivity index (χ0v) is 16.2. The Hall–Kier alpha value is -2.29. The molecule has 134 valence electrons. The minimum absolute atomic E-state index is 0.205. The maximum Gasteiger partial charge on any atom is 0.0921 e. The predicted octanol–water partition coefficient (Wildman–Crippen LogP) is 5.89. The van der Waals surface area contributed by atoms with Gasteiger partial charge in [0.2, 0.25) is 0 Å². The lowest BCUT2D eigenvalue weighted by Gasteiger charge is -2.17. The van der Waals surface area contributed by atoms with Gasteiger partial charge < -0.3 is 4.98 Å². The van der Waals surface area contributed by atoms with Gasteiger partial charge in [0, 0.05) is 23.2 Å². The average molecular weight is 344 g/mol. The number of nitrogens with one attached hydrogen (secondary N) is 1. The molecule has 0 unspecified atom stereocenters. The van der Waals surface area contributed by atoms with Gasteiger partial charge in [0.15, 0.2) is 0 Å². The lowest BCUT2D eigenvalue weighted by molar-refractivity contribution is 0.572. The Bertz CT molecular complexity index is 676. The van der Waals surface area contributed by atoms with E-state index in [-0.39, 0.29) is 5.41 Å². The van der Waals surface area contributed by atoms with Crippen molar-refractivity contribution in [3.8, 4) is 0 Å². The Morgan fingerprint density at radius 2 is 1.46 bits per heavy atom. The van der Waals surface area contributed by atoms with Gasteiger partial charge in [-0.1, -0.05) is 94.2 Å². The molecule has 26 heavy (non-hydrogen) atoms. The molecule has 0 bridgehead atoms. The molecule has 1 aromatic heterocycles. The molecular weight excluding hydrogens is 315 g/mol. The van der Waals surface area contributed by atoms with Crippen LogP contribution in [0.15, 0.2) is 73.2 Å². The fourth-order valence-corrected chi connectivity index (χ4v) is 2.88. The number of aromatic nitrogens is 2. The van der Waals surface area contributed by atoms with Crippen molar-refractivity contribution in [3.63, 3.8) is 0 Å². The summed E-state index contributed by atoms with van der Waals surface area (Å²) in [6.07, 6.45) is 6.51. The van der Waals surface area contributed by atoms with E-state index < -0.39 is 0 Å². The Morgan fingerprint density at radius 3 is 1.81 bits per heavy atom. The predicted molar refractivity (Wildman–Crippen MR) is 112 cm³/mol. The maximum atomic E-state index is 5.63. The van der Waals surface area contributed by atoms with Crippen LogP contribution in [-0.4, -0.2) is 17.8 Å². The highest BCUT2D eigenvalue weighted by molar-refractivity contribution is 6.08. The van der Waals surface area contributed by atoms with Crippen molar-refractivity contribution in [1.82, 2.24) is 9.97 Å². The van der Waals surface area contributed by atoms with E-state index in [1.165, 1.54) is 16.8 Å². The van der Waals surface area contributed by atoms with E-state index >= 15 is 0 Å². The van der Waals surface area contributed by atoms with Crippen molar-refractivity contribution in [3.05, 3.63) is 90.0 Å². The molecule has 2 nitrogen and oxygen atoms in total. The van der Waals surface area contributed by atoms with Crippen molar-refractivity contribution in [1.29, 1.82) is 0 Å². The SMILES string of the molecule is CC(C)(C)c1cnc[nH]1.[B]CCCC(c1ccccc1)c1ccccc1. The molecule has 3 aromatic rings. The van der Waals surface area contributed by atoms with Crippen LogP contribution in [0.1, 0.15) is 56.4 Å². The van der Waals surface area contributed by atoms with E-state index in [1.807, 2.05) is 6.20 Å². The van der Waals surface area contributed by atoms with Crippen LogP contribution in [0.3, 0.4) is 0 Å². The zero-order chi connectivity index (χ0) is 18.8. The van der Waals surface area contributed by atoms with Crippen molar-refractivity contribution in [2.24, 2.45) is 0 Å². The number of H-pyrrole nitrogens is 1. The van der Waals surface area contributed by atoms with Crippen LogP contribution in [0.2, 0.25) is 6.32 Å². The number of imidazole rings is 1.